The number of hydrogen-bond donors (Lipinski definition) is 2. The van der Waals surface area contributed by atoms with Gasteiger partial charge >= 0.3 is 0 Å². The van der Waals surface area contributed by atoms with Crippen LogP contribution in [0.2, 0.25) is 0 Å². The van der Waals surface area contributed by atoms with Crippen LogP contribution in [0.5, 0.6) is 11.6 Å². The van der Waals surface area contributed by atoms with Gasteiger partial charge < -0.3 is 20.3 Å². The van der Waals surface area contributed by atoms with Crippen LogP contribution in [0.1, 0.15) is 23.4 Å². The highest BCUT2D eigenvalue weighted by Crippen LogP contribution is 2.26. The number of aryl methyl sites for hydroxylation is 3. The van der Waals surface area contributed by atoms with Crippen molar-refractivity contribution in [3.8, 4) is 11.6 Å². The molecule has 1 aromatic carbocycles. The van der Waals surface area contributed by atoms with Gasteiger partial charge in [0.25, 0.3) is 0 Å². The van der Waals surface area contributed by atoms with E-state index in [9.17, 15) is 9.59 Å². The summed E-state index contributed by atoms with van der Waals surface area (Å²) in [6.45, 7) is 5.92. The average molecular weight is 546 g/mol. The number of carbonyl (C=O) groups excluding carboxylic acids is 2. The normalized spacial score (nSPS) is 15.6. The van der Waals surface area contributed by atoms with Gasteiger partial charge in [0.15, 0.2) is 11.5 Å². The van der Waals surface area contributed by atoms with E-state index >= 15 is 0 Å². The third-order valence-electron chi connectivity index (χ3n) is 7.05. The van der Waals surface area contributed by atoms with E-state index in [0.717, 1.165) is 36.5 Å². The van der Waals surface area contributed by atoms with Crippen molar-refractivity contribution in [2.45, 2.75) is 32.7 Å². The van der Waals surface area contributed by atoms with Crippen molar-refractivity contribution in [3.05, 3.63) is 59.5 Å². The molecule has 4 aromatic rings. The van der Waals surface area contributed by atoms with E-state index in [4.69, 9.17) is 4.74 Å². The Morgan fingerprint density at radius 3 is 2.62 bits per heavy atom. The first-order valence-corrected chi connectivity index (χ1v) is 13.3. The number of likely N-dealkylation sites (tertiary alicyclic amines) is 1. The van der Waals surface area contributed by atoms with E-state index in [1.54, 1.807) is 33.6 Å². The largest absolute Gasteiger partial charge is 0.438 e. The molecule has 2 N–H and O–H groups in total. The lowest BCUT2D eigenvalue weighted by Crippen LogP contribution is -2.35. The maximum Gasteiger partial charge on any atom is 0.239 e. The molecule has 210 valence electrons. The summed E-state index contributed by atoms with van der Waals surface area (Å²) in [5, 5.41) is 14.6. The number of benzene rings is 1. The van der Waals surface area contributed by atoms with Crippen LogP contribution in [-0.2, 0) is 23.1 Å². The molecule has 40 heavy (non-hydrogen) atoms. The summed E-state index contributed by atoms with van der Waals surface area (Å²) >= 11 is 0. The zero-order valence-corrected chi connectivity index (χ0v) is 23.5. The van der Waals surface area contributed by atoms with E-state index < -0.39 is 0 Å². The number of aromatic nitrogens is 5. The Morgan fingerprint density at radius 2 is 1.90 bits per heavy atom. The van der Waals surface area contributed by atoms with Gasteiger partial charge in [0.05, 0.1) is 24.9 Å². The van der Waals surface area contributed by atoms with Crippen molar-refractivity contribution >= 4 is 29.0 Å². The monoisotopic (exact) mass is 545 g/mol. The second-order valence-electron chi connectivity index (χ2n) is 10.5. The summed E-state index contributed by atoms with van der Waals surface area (Å²) < 4.78 is 9.27. The van der Waals surface area contributed by atoms with E-state index in [0.29, 0.717) is 41.4 Å². The summed E-state index contributed by atoms with van der Waals surface area (Å²) in [6.07, 6.45) is 2.93. The van der Waals surface area contributed by atoms with Gasteiger partial charge in [-0.15, -0.1) is 5.10 Å². The lowest BCUT2D eigenvalue weighted by Gasteiger charge is -2.19. The molecular formula is C28H35N9O3. The molecule has 1 saturated heterocycles. The van der Waals surface area contributed by atoms with Crippen molar-refractivity contribution in [2.75, 3.05) is 44.4 Å². The number of nitrogens with one attached hydrogen (secondary N) is 2. The first kappa shape index (κ1) is 27.3. The molecular weight excluding hydrogens is 510 g/mol. The molecule has 0 saturated carbocycles. The quantitative estimate of drug-likeness (QED) is 0.329. The number of nitrogens with zero attached hydrogens (tertiary/aromatic N) is 7. The smallest absolute Gasteiger partial charge is 0.239 e. The fourth-order valence-electron chi connectivity index (χ4n) is 4.85. The van der Waals surface area contributed by atoms with Gasteiger partial charge in [-0.05, 0) is 58.1 Å². The zero-order chi connectivity index (χ0) is 28.4. The number of likely N-dealkylation sites (N-methyl/N-ethyl adjacent to an activating group) is 1. The molecule has 1 atom stereocenters. The molecule has 0 bridgehead atoms. The van der Waals surface area contributed by atoms with Crippen molar-refractivity contribution < 1.29 is 14.3 Å². The number of amides is 2. The molecule has 2 amide bonds. The van der Waals surface area contributed by atoms with Crippen LogP contribution in [0.25, 0.3) is 5.65 Å². The fraction of sp³-hybridized carbons (Fsp3) is 0.393. The number of rotatable bonds is 9. The standard InChI is InChI=1S/C28H35N9O3/c1-18-6-7-22(14-23(18)29-26(38)13-21-12-19(2)32-35(21)5)40-28-9-8-25-30-24(16-37(25)33-28)31-27(39)17-36-11-10-20(15-36)34(3)4/h6-9,12,14,16,20H,10-11,13,15,17H2,1-5H3,(H,29,38)(H,31,39). The Morgan fingerprint density at radius 1 is 1.07 bits per heavy atom. The van der Waals surface area contributed by atoms with Gasteiger partial charge in [-0.2, -0.15) is 5.10 Å². The molecule has 12 nitrogen and oxygen atoms in total. The number of carbonyl (C=O) groups is 2. The molecule has 0 spiro atoms. The minimum Gasteiger partial charge on any atom is -0.438 e. The summed E-state index contributed by atoms with van der Waals surface area (Å²) in [6, 6.07) is 11.3. The maximum atomic E-state index is 12.7. The Balaban J connectivity index is 1.21. The van der Waals surface area contributed by atoms with Gasteiger partial charge in [0.2, 0.25) is 17.7 Å². The maximum absolute atomic E-state index is 12.7. The number of fused-ring (bicyclic) bond motifs is 1. The zero-order valence-electron chi connectivity index (χ0n) is 23.5. The van der Waals surface area contributed by atoms with Crippen molar-refractivity contribution in [1.82, 2.24) is 34.2 Å². The molecule has 0 radical (unpaired) electrons. The van der Waals surface area contributed by atoms with Gasteiger partial charge in [0, 0.05) is 49.7 Å². The Labute approximate surface area is 232 Å². The Kier molecular flexibility index (Phi) is 7.81. The molecule has 1 aliphatic rings. The van der Waals surface area contributed by atoms with Crippen molar-refractivity contribution in [1.29, 1.82) is 0 Å². The van der Waals surface area contributed by atoms with Crippen LogP contribution in [0.4, 0.5) is 11.5 Å². The van der Waals surface area contributed by atoms with Crippen LogP contribution in [0, 0.1) is 13.8 Å². The minimum atomic E-state index is -0.141. The van der Waals surface area contributed by atoms with Crippen LogP contribution < -0.4 is 15.4 Å². The summed E-state index contributed by atoms with van der Waals surface area (Å²) in [5.41, 5.74) is 3.85. The first-order valence-electron chi connectivity index (χ1n) is 13.3. The second-order valence-corrected chi connectivity index (χ2v) is 10.5. The van der Waals surface area contributed by atoms with Crippen LogP contribution >= 0.6 is 0 Å². The molecule has 4 heterocycles. The Bertz CT molecular complexity index is 1540. The van der Waals surface area contributed by atoms with E-state index in [-0.39, 0.29) is 18.2 Å². The predicted octanol–water partition coefficient (Wildman–Crippen LogP) is 2.63. The van der Waals surface area contributed by atoms with Crippen molar-refractivity contribution in [3.63, 3.8) is 0 Å². The molecule has 1 aliphatic heterocycles. The molecule has 12 heteroatoms. The summed E-state index contributed by atoms with van der Waals surface area (Å²) in [4.78, 5) is 34.1. The fourth-order valence-corrected chi connectivity index (χ4v) is 4.85. The highest BCUT2D eigenvalue weighted by molar-refractivity contribution is 5.93. The van der Waals surface area contributed by atoms with Gasteiger partial charge in [0.1, 0.15) is 5.75 Å². The van der Waals surface area contributed by atoms with Gasteiger partial charge in [-0.3, -0.25) is 19.2 Å². The van der Waals surface area contributed by atoms with Crippen LogP contribution in [-0.4, -0.2) is 85.8 Å². The molecule has 1 unspecified atom stereocenters. The lowest BCUT2D eigenvalue weighted by atomic mass is 10.2. The van der Waals surface area contributed by atoms with E-state index in [1.165, 1.54) is 0 Å². The van der Waals surface area contributed by atoms with Crippen molar-refractivity contribution in [2.24, 2.45) is 7.05 Å². The molecule has 1 fully saturated rings. The topological polar surface area (TPSA) is 122 Å². The van der Waals surface area contributed by atoms with E-state index in [1.807, 2.05) is 39.1 Å². The Hall–Kier alpha value is -4.29. The van der Waals surface area contributed by atoms with E-state index in [2.05, 4.69) is 49.7 Å². The number of ether oxygens (including phenoxy) is 1. The van der Waals surface area contributed by atoms with Gasteiger partial charge in [-0.25, -0.2) is 9.50 Å². The SMILES string of the molecule is Cc1cc(CC(=O)Nc2cc(Oc3ccc4nc(NC(=O)CN5CCC(N(C)C)C5)cn4n3)ccc2C)n(C)n1. The summed E-state index contributed by atoms with van der Waals surface area (Å²) in [5.74, 6) is 1.06. The second kappa shape index (κ2) is 11.4. The van der Waals surface area contributed by atoms with Crippen LogP contribution in [0.3, 0.4) is 0 Å². The molecule has 3 aromatic heterocycles. The number of anilines is 2. The first-order chi connectivity index (χ1) is 19.1. The third-order valence-corrected chi connectivity index (χ3v) is 7.05. The highest BCUT2D eigenvalue weighted by Gasteiger charge is 2.25. The molecule has 5 rings (SSSR count). The number of imidazole rings is 1. The lowest BCUT2D eigenvalue weighted by molar-refractivity contribution is -0.117. The average Bonchev–Trinajstić information content (AvgIpc) is 3.59. The third kappa shape index (κ3) is 6.46. The minimum absolute atomic E-state index is 0.105. The number of hydrogen-bond acceptors (Lipinski definition) is 8. The predicted molar refractivity (Wildman–Crippen MR) is 152 cm³/mol. The summed E-state index contributed by atoms with van der Waals surface area (Å²) in [7, 11) is 5.96. The van der Waals surface area contributed by atoms with Gasteiger partial charge in [-0.1, -0.05) is 6.07 Å². The highest BCUT2D eigenvalue weighted by atomic mass is 16.5. The molecule has 0 aliphatic carbocycles. The van der Waals surface area contributed by atoms with Crippen LogP contribution in [0.15, 0.2) is 42.6 Å².